The number of carbonyl (C=O) groups is 1. The van der Waals surface area contributed by atoms with E-state index in [9.17, 15) is 9.00 Å². The normalized spacial score (nSPS) is 20.9. The van der Waals surface area contributed by atoms with Crippen molar-refractivity contribution in [2.24, 2.45) is 0 Å². The summed E-state index contributed by atoms with van der Waals surface area (Å²) in [7, 11) is 0. The average Bonchev–Trinajstić information content (AvgIpc) is 2.41. The molecule has 3 rings (SSSR count). The van der Waals surface area contributed by atoms with E-state index in [0.29, 0.717) is 11.1 Å². The van der Waals surface area contributed by atoms with Gasteiger partial charge >= 0.3 is 5.97 Å². The number of benzene rings is 2. The minimum atomic E-state index is -1.67. The Balaban J connectivity index is 2.24. The Morgan fingerprint density at radius 1 is 0.833 bits per heavy atom. The lowest BCUT2D eigenvalue weighted by Gasteiger charge is -2.37. The van der Waals surface area contributed by atoms with Gasteiger partial charge in [0.05, 0.1) is 0 Å². The Bertz CT molecular complexity index is 552. The molecule has 0 saturated carbocycles. The molecular weight excluding hydrogens is 248 g/mol. The molecule has 0 amide bonds. The zero-order valence-corrected chi connectivity index (χ0v) is 10.2. The van der Waals surface area contributed by atoms with Gasteiger partial charge in [-0.05, 0) is 11.1 Å². The molecule has 0 aliphatic carbocycles. The van der Waals surface area contributed by atoms with Crippen molar-refractivity contribution < 1.29 is 13.2 Å². The highest BCUT2D eigenvalue weighted by Gasteiger charge is 2.60. The fraction of sp³-hybridized carbons (Fsp3) is 0.0714. The van der Waals surface area contributed by atoms with E-state index in [1.165, 1.54) is 0 Å². The summed E-state index contributed by atoms with van der Waals surface area (Å²) >= 11 is -1.67. The van der Waals surface area contributed by atoms with Crippen LogP contribution < -0.4 is 0 Å². The highest BCUT2D eigenvalue weighted by atomic mass is 32.2. The van der Waals surface area contributed by atoms with Crippen LogP contribution in [-0.2, 0) is 24.8 Å². The van der Waals surface area contributed by atoms with Gasteiger partial charge in [0.1, 0.15) is 0 Å². The van der Waals surface area contributed by atoms with Crippen molar-refractivity contribution in [2.45, 2.75) is 4.75 Å². The van der Waals surface area contributed by atoms with Crippen LogP contribution in [0.4, 0.5) is 0 Å². The highest BCUT2D eigenvalue weighted by molar-refractivity contribution is 7.85. The first-order valence-electron chi connectivity index (χ1n) is 5.52. The van der Waals surface area contributed by atoms with Gasteiger partial charge in [-0.15, -0.1) is 0 Å². The van der Waals surface area contributed by atoms with E-state index < -0.39 is 21.8 Å². The SMILES string of the molecule is O=C1OS(=O)C1(c1ccccc1)c1ccccc1. The molecule has 1 saturated heterocycles. The molecule has 1 unspecified atom stereocenters. The highest BCUT2D eigenvalue weighted by Crippen LogP contribution is 2.44. The lowest BCUT2D eigenvalue weighted by Crippen LogP contribution is -2.53. The summed E-state index contributed by atoms with van der Waals surface area (Å²) in [6.07, 6.45) is 0. The summed E-state index contributed by atoms with van der Waals surface area (Å²) in [5, 5.41) is 0. The third-order valence-corrected chi connectivity index (χ3v) is 4.49. The lowest BCUT2D eigenvalue weighted by atomic mass is 9.90. The minimum Gasteiger partial charge on any atom is -0.361 e. The van der Waals surface area contributed by atoms with Crippen LogP contribution >= 0.6 is 0 Å². The molecule has 0 bridgehead atoms. The van der Waals surface area contributed by atoms with E-state index in [-0.39, 0.29) is 0 Å². The summed E-state index contributed by atoms with van der Waals surface area (Å²) in [5.41, 5.74) is 1.40. The van der Waals surface area contributed by atoms with Crippen LogP contribution in [0.3, 0.4) is 0 Å². The summed E-state index contributed by atoms with van der Waals surface area (Å²) in [5.74, 6) is -0.460. The predicted octanol–water partition coefficient (Wildman–Crippen LogP) is 2.15. The summed E-state index contributed by atoms with van der Waals surface area (Å²) in [6, 6.07) is 18.2. The zero-order chi connectivity index (χ0) is 12.6. The standard InChI is InChI=1S/C14H10O3S/c15-13-14(18(16)17-13,11-7-3-1-4-8-11)12-9-5-2-6-10-12/h1-10H. The van der Waals surface area contributed by atoms with Gasteiger partial charge < -0.3 is 4.18 Å². The van der Waals surface area contributed by atoms with Crippen molar-refractivity contribution in [3.8, 4) is 0 Å². The van der Waals surface area contributed by atoms with E-state index in [2.05, 4.69) is 0 Å². The quantitative estimate of drug-likeness (QED) is 0.829. The molecule has 1 atom stereocenters. The second-order valence-electron chi connectivity index (χ2n) is 4.02. The van der Waals surface area contributed by atoms with Crippen molar-refractivity contribution >= 4 is 17.0 Å². The van der Waals surface area contributed by atoms with Crippen LogP contribution in [0.25, 0.3) is 0 Å². The smallest absolute Gasteiger partial charge is 0.351 e. The number of hydrogen-bond donors (Lipinski definition) is 0. The van der Waals surface area contributed by atoms with Gasteiger partial charge in [0.25, 0.3) is 0 Å². The van der Waals surface area contributed by atoms with Crippen LogP contribution in [-0.4, -0.2) is 10.2 Å². The summed E-state index contributed by atoms with van der Waals surface area (Å²) in [4.78, 5) is 11.9. The Morgan fingerprint density at radius 3 is 1.61 bits per heavy atom. The lowest BCUT2D eigenvalue weighted by molar-refractivity contribution is -0.140. The monoisotopic (exact) mass is 258 g/mol. The van der Waals surface area contributed by atoms with Gasteiger partial charge in [0, 0.05) is 0 Å². The van der Waals surface area contributed by atoms with Crippen molar-refractivity contribution in [3.63, 3.8) is 0 Å². The Hall–Kier alpha value is -1.94. The van der Waals surface area contributed by atoms with Gasteiger partial charge in [-0.3, -0.25) is 0 Å². The number of carbonyl (C=O) groups excluding carboxylic acids is 1. The van der Waals surface area contributed by atoms with Crippen molar-refractivity contribution in [3.05, 3.63) is 71.8 Å². The Morgan fingerprint density at radius 2 is 1.28 bits per heavy atom. The molecule has 1 aliphatic rings. The van der Waals surface area contributed by atoms with E-state index in [1.54, 1.807) is 24.3 Å². The van der Waals surface area contributed by atoms with Crippen LogP contribution in [0.2, 0.25) is 0 Å². The Kier molecular flexibility index (Phi) is 2.52. The first-order chi connectivity index (χ1) is 8.76. The van der Waals surface area contributed by atoms with E-state index >= 15 is 0 Å². The molecule has 2 aromatic carbocycles. The van der Waals surface area contributed by atoms with Crippen LogP contribution in [0.1, 0.15) is 11.1 Å². The van der Waals surface area contributed by atoms with Gasteiger partial charge in [-0.1, -0.05) is 60.7 Å². The van der Waals surface area contributed by atoms with E-state index in [1.807, 2.05) is 36.4 Å². The molecule has 1 heterocycles. The number of rotatable bonds is 2. The molecule has 0 radical (unpaired) electrons. The third kappa shape index (κ3) is 1.36. The predicted molar refractivity (Wildman–Crippen MR) is 67.9 cm³/mol. The molecule has 0 spiro atoms. The molecule has 18 heavy (non-hydrogen) atoms. The molecule has 1 aliphatic heterocycles. The van der Waals surface area contributed by atoms with Gasteiger partial charge in [0.2, 0.25) is 15.8 Å². The molecule has 1 fully saturated rings. The third-order valence-electron chi connectivity index (χ3n) is 3.05. The second kappa shape index (κ2) is 4.07. The largest absolute Gasteiger partial charge is 0.361 e. The van der Waals surface area contributed by atoms with Crippen LogP contribution in [0.15, 0.2) is 60.7 Å². The summed E-state index contributed by atoms with van der Waals surface area (Å²) in [6.45, 7) is 0. The topological polar surface area (TPSA) is 43.4 Å². The van der Waals surface area contributed by atoms with Crippen molar-refractivity contribution in [1.82, 2.24) is 0 Å². The molecule has 0 aromatic heterocycles. The maximum Gasteiger partial charge on any atom is 0.351 e. The van der Waals surface area contributed by atoms with Gasteiger partial charge in [-0.2, -0.15) is 0 Å². The maximum atomic E-state index is 12.0. The molecular formula is C14H10O3S. The fourth-order valence-corrected chi connectivity index (χ4v) is 3.27. The molecule has 0 N–H and O–H groups in total. The van der Waals surface area contributed by atoms with Gasteiger partial charge in [0.15, 0.2) is 0 Å². The number of hydrogen-bond acceptors (Lipinski definition) is 3. The van der Waals surface area contributed by atoms with Gasteiger partial charge in [-0.25, -0.2) is 9.00 Å². The van der Waals surface area contributed by atoms with Crippen molar-refractivity contribution in [2.75, 3.05) is 0 Å². The van der Waals surface area contributed by atoms with Crippen LogP contribution in [0.5, 0.6) is 0 Å². The fourth-order valence-electron chi connectivity index (χ4n) is 2.16. The average molecular weight is 258 g/mol. The summed E-state index contributed by atoms with van der Waals surface area (Å²) < 4.78 is 15.6. The molecule has 4 heteroatoms. The first kappa shape index (κ1) is 11.2. The zero-order valence-electron chi connectivity index (χ0n) is 9.41. The Labute approximate surface area is 107 Å². The van der Waals surface area contributed by atoms with E-state index in [4.69, 9.17) is 4.18 Å². The molecule has 3 nitrogen and oxygen atoms in total. The van der Waals surface area contributed by atoms with Crippen LogP contribution in [0, 0.1) is 0 Å². The van der Waals surface area contributed by atoms with E-state index in [0.717, 1.165) is 0 Å². The maximum absolute atomic E-state index is 12.0. The van der Waals surface area contributed by atoms with Crippen molar-refractivity contribution in [1.29, 1.82) is 0 Å². The molecule has 90 valence electrons. The first-order valence-corrected chi connectivity index (χ1v) is 6.59. The molecule has 2 aromatic rings. The second-order valence-corrected chi connectivity index (χ2v) is 5.27. The minimum absolute atomic E-state index is 0.460.